The molecule has 2 rings (SSSR count). The molecule has 0 bridgehead atoms. The molecule has 1 amide bonds. The lowest BCUT2D eigenvalue weighted by atomic mass is 10.0. The van der Waals surface area contributed by atoms with E-state index in [1.165, 1.54) is 7.05 Å². The van der Waals surface area contributed by atoms with E-state index in [1.54, 1.807) is 0 Å². The van der Waals surface area contributed by atoms with E-state index < -0.39 is 11.5 Å². The number of hydrogen-bond donors (Lipinski definition) is 2. The van der Waals surface area contributed by atoms with Crippen LogP contribution in [0.3, 0.4) is 0 Å². The van der Waals surface area contributed by atoms with Gasteiger partial charge in [-0.1, -0.05) is 5.16 Å². The van der Waals surface area contributed by atoms with Crippen molar-refractivity contribution in [2.24, 2.45) is 0 Å². The van der Waals surface area contributed by atoms with Crippen molar-refractivity contribution >= 4 is 5.91 Å². The van der Waals surface area contributed by atoms with Crippen molar-refractivity contribution in [3.8, 4) is 0 Å². The smallest absolute Gasteiger partial charge is 0.315 e. The van der Waals surface area contributed by atoms with E-state index in [0.29, 0.717) is 31.9 Å². The number of amides is 1. The molecule has 20 heavy (non-hydrogen) atoms. The number of hydrogen-bond acceptors (Lipinski definition) is 7. The maximum absolute atomic E-state index is 11.3. The third-order valence-electron chi connectivity index (χ3n) is 3.28. The molecule has 1 aromatic heterocycles. The van der Waals surface area contributed by atoms with Crippen LogP contribution in [0, 0.1) is 0 Å². The van der Waals surface area contributed by atoms with Gasteiger partial charge in [0.1, 0.15) is 0 Å². The van der Waals surface area contributed by atoms with Gasteiger partial charge < -0.3 is 19.8 Å². The Morgan fingerprint density at radius 2 is 2.35 bits per heavy atom. The van der Waals surface area contributed by atoms with Crippen molar-refractivity contribution in [1.82, 2.24) is 25.3 Å². The van der Waals surface area contributed by atoms with Gasteiger partial charge in [0.25, 0.3) is 0 Å². The molecule has 1 aromatic rings. The zero-order chi connectivity index (χ0) is 14.8. The minimum Gasteiger partial charge on any atom is -0.387 e. The number of nitrogens with zero attached hydrogens (tertiary/aromatic N) is 4. The third-order valence-corrected chi connectivity index (χ3v) is 3.28. The monoisotopic (exact) mass is 283 g/mol. The minimum absolute atomic E-state index is 0.0368. The van der Waals surface area contributed by atoms with Crippen molar-refractivity contribution in [2.75, 3.05) is 40.8 Å². The predicted octanol–water partition coefficient (Wildman–Crippen LogP) is -1.07. The van der Waals surface area contributed by atoms with Gasteiger partial charge in [-0.05, 0) is 20.5 Å². The van der Waals surface area contributed by atoms with Gasteiger partial charge in [-0.2, -0.15) is 4.98 Å². The SMILES string of the molecule is CNC(=O)c1nc(CN2CC[C@@](O)(CN(C)C)C2)no1. The summed E-state index contributed by atoms with van der Waals surface area (Å²) in [5.41, 5.74) is -0.698. The van der Waals surface area contributed by atoms with Gasteiger partial charge >= 0.3 is 11.8 Å². The summed E-state index contributed by atoms with van der Waals surface area (Å²) in [6, 6.07) is 0. The topological polar surface area (TPSA) is 94.7 Å². The minimum atomic E-state index is -0.698. The molecule has 112 valence electrons. The van der Waals surface area contributed by atoms with E-state index in [1.807, 2.05) is 19.0 Å². The van der Waals surface area contributed by atoms with Crippen molar-refractivity contribution in [1.29, 1.82) is 0 Å². The fourth-order valence-electron chi connectivity index (χ4n) is 2.51. The van der Waals surface area contributed by atoms with E-state index >= 15 is 0 Å². The fourth-order valence-corrected chi connectivity index (χ4v) is 2.51. The van der Waals surface area contributed by atoms with Crippen LogP contribution in [-0.2, 0) is 6.54 Å². The first kappa shape index (κ1) is 14.9. The largest absolute Gasteiger partial charge is 0.387 e. The molecular weight excluding hydrogens is 262 g/mol. The molecule has 8 nitrogen and oxygen atoms in total. The lowest BCUT2D eigenvalue weighted by Gasteiger charge is -2.26. The van der Waals surface area contributed by atoms with Crippen LogP contribution >= 0.6 is 0 Å². The number of carbonyl (C=O) groups is 1. The van der Waals surface area contributed by atoms with Gasteiger partial charge in [-0.15, -0.1) is 0 Å². The highest BCUT2D eigenvalue weighted by molar-refractivity contribution is 5.89. The average Bonchev–Trinajstić information content (AvgIpc) is 2.95. The maximum atomic E-state index is 11.3. The highest BCUT2D eigenvalue weighted by Gasteiger charge is 2.36. The Morgan fingerprint density at radius 1 is 1.60 bits per heavy atom. The number of likely N-dealkylation sites (tertiary alicyclic amines) is 1. The number of aliphatic hydroxyl groups is 1. The zero-order valence-electron chi connectivity index (χ0n) is 12.1. The number of carbonyl (C=O) groups excluding carboxylic acids is 1. The normalized spacial score (nSPS) is 23.4. The van der Waals surface area contributed by atoms with Gasteiger partial charge in [0.2, 0.25) is 0 Å². The summed E-state index contributed by atoms with van der Waals surface area (Å²) in [4.78, 5) is 19.4. The second-order valence-electron chi connectivity index (χ2n) is 5.52. The summed E-state index contributed by atoms with van der Waals surface area (Å²) >= 11 is 0. The van der Waals surface area contributed by atoms with Gasteiger partial charge in [0.05, 0.1) is 12.1 Å². The molecule has 1 aliphatic heterocycles. The van der Waals surface area contributed by atoms with E-state index in [-0.39, 0.29) is 5.89 Å². The molecule has 0 spiro atoms. The molecule has 2 N–H and O–H groups in total. The van der Waals surface area contributed by atoms with Gasteiger partial charge in [-0.3, -0.25) is 9.69 Å². The summed E-state index contributed by atoms with van der Waals surface area (Å²) in [5.74, 6) is 0.0252. The van der Waals surface area contributed by atoms with Crippen molar-refractivity contribution in [2.45, 2.75) is 18.6 Å². The molecule has 1 fully saturated rings. The molecule has 0 unspecified atom stereocenters. The van der Waals surface area contributed by atoms with Crippen molar-refractivity contribution in [3.05, 3.63) is 11.7 Å². The summed E-state index contributed by atoms with van der Waals surface area (Å²) in [6.45, 7) is 2.43. The molecular formula is C12H21N5O3. The van der Waals surface area contributed by atoms with Crippen LogP contribution in [0.25, 0.3) is 0 Å². The highest BCUT2D eigenvalue weighted by Crippen LogP contribution is 2.22. The van der Waals surface area contributed by atoms with Gasteiger partial charge in [0.15, 0.2) is 5.82 Å². The summed E-state index contributed by atoms with van der Waals surface area (Å²) in [6.07, 6.45) is 0.714. The Labute approximate surface area is 117 Å². The second kappa shape index (κ2) is 5.86. The van der Waals surface area contributed by atoms with E-state index in [0.717, 1.165) is 6.54 Å². The number of rotatable bonds is 5. The lowest BCUT2D eigenvalue weighted by molar-refractivity contribution is 0.0237. The average molecular weight is 283 g/mol. The van der Waals surface area contributed by atoms with Crippen LogP contribution in [0.5, 0.6) is 0 Å². The molecule has 1 saturated heterocycles. The third kappa shape index (κ3) is 3.53. The molecule has 0 saturated carbocycles. The van der Waals surface area contributed by atoms with E-state index in [2.05, 4.69) is 20.4 Å². The molecule has 1 aliphatic rings. The lowest BCUT2D eigenvalue weighted by Crippen LogP contribution is -2.42. The Hall–Kier alpha value is -1.51. The zero-order valence-corrected chi connectivity index (χ0v) is 12.1. The van der Waals surface area contributed by atoms with Crippen LogP contribution in [0.1, 0.15) is 22.9 Å². The van der Waals surface area contributed by atoms with E-state index in [4.69, 9.17) is 4.52 Å². The Kier molecular flexibility index (Phi) is 4.36. The standard InChI is InChI=1S/C12H21N5O3/c1-13-10(18)11-14-9(15-20-11)6-17-5-4-12(19,8-17)7-16(2)3/h19H,4-8H2,1-3H3,(H,13,18)/t12-/m1/s1. The first-order valence-corrected chi connectivity index (χ1v) is 6.56. The van der Waals surface area contributed by atoms with Crippen LogP contribution in [0.2, 0.25) is 0 Å². The molecule has 8 heteroatoms. The summed E-state index contributed by atoms with van der Waals surface area (Å²) < 4.78 is 4.87. The summed E-state index contributed by atoms with van der Waals surface area (Å²) in [5, 5.41) is 16.6. The highest BCUT2D eigenvalue weighted by atomic mass is 16.5. The van der Waals surface area contributed by atoms with Gasteiger partial charge in [0, 0.05) is 26.7 Å². The quantitative estimate of drug-likeness (QED) is 0.710. The molecule has 0 aromatic carbocycles. The summed E-state index contributed by atoms with van der Waals surface area (Å²) in [7, 11) is 5.39. The Bertz CT molecular complexity index is 475. The van der Waals surface area contributed by atoms with E-state index in [9.17, 15) is 9.90 Å². The molecule has 0 aliphatic carbocycles. The van der Waals surface area contributed by atoms with Crippen LogP contribution in [0.4, 0.5) is 0 Å². The predicted molar refractivity (Wildman–Crippen MR) is 71.1 cm³/mol. The van der Waals surface area contributed by atoms with Crippen LogP contribution in [0.15, 0.2) is 4.52 Å². The first-order valence-electron chi connectivity index (χ1n) is 6.56. The number of nitrogens with one attached hydrogen (secondary N) is 1. The molecule has 1 atom stereocenters. The van der Waals surface area contributed by atoms with Gasteiger partial charge in [-0.25, -0.2) is 0 Å². The van der Waals surface area contributed by atoms with Crippen LogP contribution < -0.4 is 5.32 Å². The fraction of sp³-hybridized carbons (Fsp3) is 0.750. The molecule has 0 radical (unpaired) electrons. The Balaban J connectivity index is 1.92. The number of aromatic nitrogens is 2. The number of likely N-dealkylation sites (N-methyl/N-ethyl adjacent to an activating group) is 1. The van der Waals surface area contributed by atoms with Crippen LogP contribution in [-0.4, -0.2) is 77.3 Å². The number of β-amino-alcohol motifs (C(OH)–C–C–N with tert-alkyl or cyclic N) is 1. The molecule has 2 heterocycles. The maximum Gasteiger partial charge on any atom is 0.315 e. The van der Waals surface area contributed by atoms with Crippen molar-refractivity contribution in [3.63, 3.8) is 0 Å². The Morgan fingerprint density at radius 3 is 3.00 bits per heavy atom. The van der Waals surface area contributed by atoms with Crippen molar-refractivity contribution < 1.29 is 14.4 Å². The second-order valence-corrected chi connectivity index (χ2v) is 5.52. The first-order chi connectivity index (χ1) is 9.42.